The van der Waals surface area contributed by atoms with Gasteiger partial charge in [0.1, 0.15) is 0 Å². The standard InChI is InChI=1S/C15H20N4O2S.ClH/c1-2-12-3-5-13(6-4-12)14-9-16-7-8-19(14)22(20,21)15-10-17-11-18-15;/h3-6,10-11,14,16H,2,7-9H2,1H3,(H,17,18);1H. The molecule has 23 heavy (non-hydrogen) atoms. The summed E-state index contributed by atoms with van der Waals surface area (Å²) in [6, 6.07) is 7.96. The van der Waals surface area contributed by atoms with Gasteiger partial charge < -0.3 is 10.3 Å². The van der Waals surface area contributed by atoms with Crippen LogP contribution in [0.2, 0.25) is 0 Å². The highest BCUT2D eigenvalue weighted by molar-refractivity contribution is 7.89. The lowest BCUT2D eigenvalue weighted by molar-refractivity contribution is 0.271. The molecule has 0 spiro atoms. The van der Waals surface area contributed by atoms with E-state index in [0.29, 0.717) is 19.6 Å². The normalized spacial score (nSPS) is 19.3. The van der Waals surface area contributed by atoms with Gasteiger partial charge in [-0.05, 0) is 17.5 Å². The van der Waals surface area contributed by atoms with Gasteiger partial charge in [-0.2, -0.15) is 4.31 Å². The molecule has 0 bridgehead atoms. The monoisotopic (exact) mass is 356 g/mol. The van der Waals surface area contributed by atoms with Crippen LogP contribution in [0.5, 0.6) is 0 Å². The average molecular weight is 357 g/mol. The van der Waals surface area contributed by atoms with E-state index in [1.807, 2.05) is 12.1 Å². The predicted octanol–water partition coefficient (Wildman–Crippen LogP) is 1.73. The Morgan fingerprint density at radius 3 is 2.65 bits per heavy atom. The number of sulfonamides is 1. The smallest absolute Gasteiger partial charge is 0.260 e. The number of hydrogen-bond acceptors (Lipinski definition) is 4. The van der Waals surface area contributed by atoms with E-state index in [1.54, 1.807) is 4.31 Å². The highest BCUT2D eigenvalue weighted by Crippen LogP contribution is 2.28. The largest absolute Gasteiger partial charge is 0.335 e. The van der Waals surface area contributed by atoms with Crippen molar-refractivity contribution in [1.29, 1.82) is 0 Å². The van der Waals surface area contributed by atoms with E-state index in [1.165, 1.54) is 18.1 Å². The van der Waals surface area contributed by atoms with Crippen LogP contribution in [-0.4, -0.2) is 42.3 Å². The lowest BCUT2D eigenvalue weighted by Gasteiger charge is -2.35. The van der Waals surface area contributed by atoms with Crippen molar-refractivity contribution in [3.05, 3.63) is 47.9 Å². The third kappa shape index (κ3) is 3.58. The Labute approximate surface area is 142 Å². The minimum atomic E-state index is -3.56. The molecule has 0 radical (unpaired) electrons. The highest BCUT2D eigenvalue weighted by Gasteiger charge is 2.35. The fraction of sp³-hybridized carbons (Fsp3) is 0.400. The van der Waals surface area contributed by atoms with Crippen molar-refractivity contribution in [3.63, 3.8) is 0 Å². The Morgan fingerprint density at radius 2 is 2.04 bits per heavy atom. The van der Waals surface area contributed by atoms with Crippen LogP contribution in [0.4, 0.5) is 0 Å². The van der Waals surface area contributed by atoms with Crippen molar-refractivity contribution >= 4 is 22.4 Å². The Balaban J connectivity index is 0.00000192. The molecule has 3 rings (SSSR count). The maximum Gasteiger partial charge on any atom is 0.260 e. The Kier molecular flexibility index (Phi) is 5.80. The number of halogens is 1. The van der Waals surface area contributed by atoms with Gasteiger partial charge in [-0.3, -0.25) is 0 Å². The Morgan fingerprint density at radius 1 is 1.30 bits per heavy atom. The Hall–Kier alpha value is -1.41. The molecule has 0 aliphatic carbocycles. The number of aromatic amines is 1. The molecule has 1 unspecified atom stereocenters. The first-order chi connectivity index (χ1) is 10.6. The van der Waals surface area contributed by atoms with E-state index in [2.05, 4.69) is 34.3 Å². The van der Waals surface area contributed by atoms with Crippen LogP contribution in [0, 0.1) is 0 Å². The van der Waals surface area contributed by atoms with Crippen LogP contribution in [0.25, 0.3) is 0 Å². The number of imidazole rings is 1. The molecule has 0 amide bonds. The molecule has 1 aliphatic heterocycles. The molecule has 1 aromatic carbocycles. The minimum Gasteiger partial charge on any atom is -0.335 e. The van der Waals surface area contributed by atoms with Gasteiger partial charge in [0.05, 0.1) is 18.6 Å². The third-order valence-electron chi connectivity index (χ3n) is 4.03. The number of aromatic nitrogens is 2. The van der Waals surface area contributed by atoms with Gasteiger partial charge in [-0.15, -0.1) is 12.4 Å². The van der Waals surface area contributed by atoms with Gasteiger partial charge in [0, 0.05) is 19.6 Å². The van der Waals surface area contributed by atoms with Crippen LogP contribution in [0.1, 0.15) is 24.1 Å². The highest BCUT2D eigenvalue weighted by atomic mass is 35.5. The molecule has 1 atom stereocenters. The van der Waals surface area contributed by atoms with E-state index in [-0.39, 0.29) is 23.5 Å². The van der Waals surface area contributed by atoms with E-state index in [4.69, 9.17) is 0 Å². The van der Waals surface area contributed by atoms with Crippen LogP contribution in [-0.2, 0) is 16.4 Å². The third-order valence-corrected chi connectivity index (χ3v) is 5.86. The molecule has 2 N–H and O–H groups in total. The summed E-state index contributed by atoms with van der Waals surface area (Å²) in [5, 5.41) is 3.42. The molecule has 1 fully saturated rings. The second kappa shape index (κ2) is 7.44. The van der Waals surface area contributed by atoms with E-state index >= 15 is 0 Å². The summed E-state index contributed by atoms with van der Waals surface area (Å²) in [5.74, 6) is 0. The maximum atomic E-state index is 12.8. The van der Waals surface area contributed by atoms with Gasteiger partial charge in [0.2, 0.25) is 0 Å². The topological polar surface area (TPSA) is 78.1 Å². The quantitative estimate of drug-likeness (QED) is 0.874. The molecular weight excluding hydrogens is 336 g/mol. The molecule has 1 aromatic heterocycles. The van der Waals surface area contributed by atoms with E-state index < -0.39 is 10.0 Å². The van der Waals surface area contributed by atoms with Gasteiger partial charge >= 0.3 is 0 Å². The second-order valence-electron chi connectivity index (χ2n) is 5.35. The average Bonchev–Trinajstić information content (AvgIpc) is 3.10. The van der Waals surface area contributed by atoms with Gasteiger partial charge in [-0.1, -0.05) is 31.2 Å². The van der Waals surface area contributed by atoms with Crippen molar-refractivity contribution in [2.75, 3.05) is 19.6 Å². The number of nitrogens with zero attached hydrogens (tertiary/aromatic N) is 2. The van der Waals surface area contributed by atoms with E-state index in [0.717, 1.165) is 12.0 Å². The molecule has 0 saturated carbocycles. The van der Waals surface area contributed by atoms with Gasteiger partial charge in [0.15, 0.2) is 5.03 Å². The zero-order valence-corrected chi connectivity index (χ0v) is 14.5. The summed E-state index contributed by atoms with van der Waals surface area (Å²) in [4.78, 5) is 6.53. The molecule has 1 aliphatic rings. The van der Waals surface area contributed by atoms with E-state index in [9.17, 15) is 8.42 Å². The number of H-pyrrole nitrogens is 1. The molecule has 8 heteroatoms. The Bertz CT molecular complexity index is 716. The first-order valence-electron chi connectivity index (χ1n) is 7.42. The minimum absolute atomic E-state index is 0. The predicted molar refractivity (Wildman–Crippen MR) is 91.2 cm³/mol. The van der Waals surface area contributed by atoms with Crippen molar-refractivity contribution in [2.45, 2.75) is 24.4 Å². The van der Waals surface area contributed by atoms with Crippen LogP contribution >= 0.6 is 12.4 Å². The van der Waals surface area contributed by atoms with Crippen molar-refractivity contribution in [1.82, 2.24) is 19.6 Å². The molecule has 1 saturated heterocycles. The molecule has 126 valence electrons. The summed E-state index contributed by atoms with van der Waals surface area (Å²) < 4.78 is 27.1. The van der Waals surface area contributed by atoms with Crippen molar-refractivity contribution in [2.24, 2.45) is 0 Å². The number of piperazine rings is 1. The van der Waals surface area contributed by atoms with Crippen molar-refractivity contribution in [3.8, 4) is 0 Å². The van der Waals surface area contributed by atoms with Crippen LogP contribution in [0.3, 0.4) is 0 Å². The van der Waals surface area contributed by atoms with Gasteiger partial charge in [-0.25, -0.2) is 13.4 Å². The van der Waals surface area contributed by atoms with Gasteiger partial charge in [0.25, 0.3) is 10.0 Å². The van der Waals surface area contributed by atoms with Crippen molar-refractivity contribution < 1.29 is 8.42 Å². The van der Waals surface area contributed by atoms with Crippen LogP contribution in [0.15, 0.2) is 41.8 Å². The summed E-state index contributed by atoms with van der Waals surface area (Å²) in [7, 11) is -3.56. The number of rotatable bonds is 4. The lowest BCUT2D eigenvalue weighted by atomic mass is 10.0. The maximum absolute atomic E-state index is 12.8. The first kappa shape index (κ1) is 17.9. The summed E-state index contributed by atoms with van der Waals surface area (Å²) >= 11 is 0. The molecule has 6 nitrogen and oxygen atoms in total. The number of benzene rings is 1. The zero-order chi connectivity index (χ0) is 15.6. The number of nitrogens with one attached hydrogen (secondary N) is 2. The number of aryl methyl sites for hydroxylation is 1. The zero-order valence-electron chi connectivity index (χ0n) is 12.9. The summed E-state index contributed by atoms with van der Waals surface area (Å²) in [6.07, 6.45) is 3.72. The van der Waals surface area contributed by atoms with Crippen LogP contribution < -0.4 is 5.32 Å². The lowest BCUT2D eigenvalue weighted by Crippen LogP contribution is -2.48. The fourth-order valence-electron chi connectivity index (χ4n) is 2.74. The number of hydrogen-bond donors (Lipinski definition) is 2. The fourth-order valence-corrected chi connectivity index (χ4v) is 4.25. The summed E-state index contributed by atoms with van der Waals surface area (Å²) in [6.45, 7) is 3.81. The summed E-state index contributed by atoms with van der Waals surface area (Å²) in [5.41, 5.74) is 2.25. The molecular formula is C15H21ClN4O2S. The molecule has 2 heterocycles. The molecule has 2 aromatic rings. The second-order valence-corrected chi connectivity index (χ2v) is 7.21. The first-order valence-corrected chi connectivity index (χ1v) is 8.86. The SMILES string of the molecule is CCc1ccc(C2CNCCN2S(=O)(=O)c2cnc[nH]2)cc1.Cl.